The van der Waals surface area contributed by atoms with E-state index in [9.17, 15) is 4.79 Å². The molecule has 0 bridgehead atoms. The predicted octanol–water partition coefficient (Wildman–Crippen LogP) is 4.09. The van der Waals surface area contributed by atoms with Gasteiger partial charge in [-0.3, -0.25) is 0 Å². The van der Waals surface area contributed by atoms with Crippen LogP contribution < -0.4 is 5.32 Å². The second kappa shape index (κ2) is 14.3. The smallest absolute Gasteiger partial charge is 0.332 e. The van der Waals surface area contributed by atoms with Crippen LogP contribution in [-0.2, 0) is 23.7 Å². The maximum Gasteiger partial charge on any atom is 0.332 e. The van der Waals surface area contributed by atoms with E-state index in [-0.39, 0.29) is 12.2 Å². The van der Waals surface area contributed by atoms with Gasteiger partial charge in [0.2, 0.25) is 0 Å². The third-order valence-corrected chi connectivity index (χ3v) is 6.33. The topological polar surface area (TPSA) is 86.3 Å². The van der Waals surface area contributed by atoms with Gasteiger partial charge in [0.25, 0.3) is 0 Å². The van der Waals surface area contributed by atoms with Gasteiger partial charge in [-0.1, -0.05) is 12.2 Å². The van der Waals surface area contributed by atoms with Crippen molar-refractivity contribution in [1.82, 2.24) is 5.32 Å². The van der Waals surface area contributed by atoms with Crippen LogP contribution in [0.1, 0.15) is 79.1 Å². The minimum absolute atomic E-state index is 0.0712. The van der Waals surface area contributed by atoms with Gasteiger partial charge in [0.15, 0.2) is 6.10 Å². The normalized spacial score (nSPS) is 38.9. The highest BCUT2D eigenvalue weighted by Crippen LogP contribution is 2.24. The molecule has 32 heavy (non-hydrogen) atoms. The van der Waals surface area contributed by atoms with Gasteiger partial charge in [-0.2, -0.15) is 0 Å². The van der Waals surface area contributed by atoms with Crippen LogP contribution >= 0.6 is 0 Å². The van der Waals surface area contributed by atoms with E-state index in [1.165, 1.54) is 25.7 Å². The standard InChI is InChI=1S/C13H21NO4.2C6H12O/c1-14-8-11-5-4-9(17-11)2-3-10-6-7-12(18-10)13(15)16;2*1-5-3-4-6(2)7-5/h2-3,9-12,14H,4-8H2,1H3,(H,15,16);2*5-6H,3-4H2,1-2H3/b3-2-;;. The number of rotatable bonds is 5. The number of carboxylic acid groups (broad SMARTS) is 1. The minimum Gasteiger partial charge on any atom is -0.479 e. The molecule has 4 aliphatic rings. The molecule has 0 aromatic heterocycles. The van der Waals surface area contributed by atoms with Crippen molar-refractivity contribution >= 4 is 5.97 Å². The summed E-state index contributed by atoms with van der Waals surface area (Å²) in [5, 5.41) is 11.9. The van der Waals surface area contributed by atoms with Crippen molar-refractivity contribution in [2.24, 2.45) is 0 Å². The lowest BCUT2D eigenvalue weighted by Gasteiger charge is -2.11. The van der Waals surface area contributed by atoms with Gasteiger partial charge >= 0.3 is 5.97 Å². The van der Waals surface area contributed by atoms with Crippen LogP contribution in [0.2, 0.25) is 0 Å². The number of carbonyl (C=O) groups is 1. The van der Waals surface area contributed by atoms with Crippen LogP contribution in [0.25, 0.3) is 0 Å². The molecule has 0 aromatic carbocycles. The number of nitrogens with one attached hydrogen (secondary N) is 1. The van der Waals surface area contributed by atoms with Crippen LogP contribution in [-0.4, -0.2) is 73.5 Å². The quantitative estimate of drug-likeness (QED) is 0.604. The molecule has 8 atom stereocenters. The van der Waals surface area contributed by atoms with Crippen LogP contribution in [0.4, 0.5) is 0 Å². The highest BCUT2D eigenvalue weighted by Gasteiger charge is 2.29. The lowest BCUT2D eigenvalue weighted by atomic mass is 10.1. The SMILES string of the molecule is CC1CCC(C)O1.CC1CCC(C)O1.CNCC1CCC(/C=C\C2CCC(C(=O)O)O2)O1. The average Bonchev–Trinajstić information content (AvgIpc) is 3.52. The summed E-state index contributed by atoms with van der Waals surface area (Å²) in [4.78, 5) is 10.7. The molecule has 7 heteroatoms. The third kappa shape index (κ3) is 10.3. The molecule has 0 spiro atoms. The fourth-order valence-corrected chi connectivity index (χ4v) is 4.49. The minimum atomic E-state index is -0.864. The molecular formula is C25H45NO6. The van der Waals surface area contributed by atoms with Crippen molar-refractivity contribution in [3.63, 3.8) is 0 Å². The van der Waals surface area contributed by atoms with E-state index in [0.29, 0.717) is 36.9 Å². The van der Waals surface area contributed by atoms with E-state index in [4.69, 9.17) is 24.1 Å². The van der Waals surface area contributed by atoms with Crippen molar-refractivity contribution in [3.05, 3.63) is 12.2 Å². The van der Waals surface area contributed by atoms with Gasteiger partial charge in [0.05, 0.1) is 42.7 Å². The first kappa shape index (κ1) is 27.3. The van der Waals surface area contributed by atoms with Crippen molar-refractivity contribution in [3.8, 4) is 0 Å². The van der Waals surface area contributed by atoms with Crippen molar-refractivity contribution in [1.29, 1.82) is 0 Å². The Hall–Kier alpha value is -0.990. The molecule has 0 saturated carbocycles. The van der Waals surface area contributed by atoms with Gasteiger partial charge in [-0.25, -0.2) is 4.79 Å². The monoisotopic (exact) mass is 455 g/mol. The average molecular weight is 456 g/mol. The number of hydrogen-bond donors (Lipinski definition) is 2. The largest absolute Gasteiger partial charge is 0.479 e. The molecule has 7 nitrogen and oxygen atoms in total. The van der Waals surface area contributed by atoms with Crippen LogP contribution in [0, 0.1) is 0 Å². The lowest BCUT2D eigenvalue weighted by molar-refractivity contribution is -0.148. The summed E-state index contributed by atoms with van der Waals surface area (Å²) < 4.78 is 21.9. The molecule has 186 valence electrons. The molecule has 4 saturated heterocycles. The highest BCUT2D eigenvalue weighted by atomic mass is 16.5. The molecule has 0 aromatic rings. The summed E-state index contributed by atoms with van der Waals surface area (Å²) in [5.74, 6) is -0.864. The van der Waals surface area contributed by atoms with E-state index < -0.39 is 12.1 Å². The maximum absolute atomic E-state index is 10.7. The van der Waals surface area contributed by atoms with Crippen molar-refractivity contribution in [2.75, 3.05) is 13.6 Å². The lowest BCUT2D eigenvalue weighted by Crippen LogP contribution is -2.23. The molecule has 2 N–H and O–H groups in total. The van der Waals surface area contributed by atoms with E-state index in [1.807, 2.05) is 19.2 Å². The number of ether oxygens (including phenoxy) is 4. The predicted molar refractivity (Wildman–Crippen MR) is 125 cm³/mol. The first-order valence-electron chi connectivity index (χ1n) is 12.4. The molecule has 4 aliphatic heterocycles. The zero-order valence-corrected chi connectivity index (χ0v) is 20.6. The Morgan fingerprint density at radius 2 is 1.22 bits per heavy atom. The number of likely N-dealkylation sites (N-methyl/N-ethyl adjacent to an activating group) is 1. The van der Waals surface area contributed by atoms with Gasteiger partial charge in [-0.15, -0.1) is 0 Å². The maximum atomic E-state index is 10.7. The highest BCUT2D eigenvalue weighted by molar-refractivity contribution is 5.72. The van der Waals surface area contributed by atoms with Gasteiger partial charge in [0, 0.05) is 6.54 Å². The Labute approximate surface area is 194 Å². The first-order valence-corrected chi connectivity index (χ1v) is 12.4. The molecule has 4 fully saturated rings. The van der Waals surface area contributed by atoms with Gasteiger partial charge in [0.1, 0.15) is 0 Å². The molecule has 0 amide bonds. The van der Waals surface area contributed by atoms with Gasteiger partial charge < -0.3 is 29.4 Å². The fraction of sp³-hybridized carbons (Fsp3) is 0.880. The van der Waals surface area contributed by atoms with E-state index >= 15 is 0 Å². The fourth-order valence-electron chi connectivity index (χ4n) is 4.49. The van der Waals surface area contributed by atoms with Crippen LogP contribution in [0.15, 0.2) is 12.2 Å². The zero-order chi connectivity index (χ0) is 23.5. The summed E-state index contributed by atoms with van der Waals surface area (Å²) in [6, 6.07) is 0. The molecule has 0 radical (unpaired) electrons. The summed E-state index contributed by atoms with van der Waals surface area (Å²) in [5.41, 5.74) is 0. The second-order valence-electron chi connectivity index (χ2n) is 9.56. The first-order chi connectivity index (χ1) is 15.3. The molecular weight excluding hydrogens is 410 g/mol. The third-order valence-electron chi connectivity index (χ3n) is 6.33. The Morgan fingerprint density at radius 1 is 0.750 bits per heavy atom. The Balaban J connectivity index is 0.000000211. The van der Waals surface area contributed by atoms with Crippen molar-refractivity contribution < 1.29 is 28.8 Å². The Kier molecular flexibility index (Phi) is 12.2. The van der Waals surface area contributed by atoms with Crippen LogP contribution in [0.5, 0.6) is 0 Å². The Bertz CT molecular complexity index is 537. The number of aliphatic carboxylic acids is 1. The molecule has 4 rings (SSSR count). The summed E-state index contributed by atoms with van der Waals surface area (Å²) >= 11 is 0. The van der Waals surface area contributed by atoms with E-state index in [0.717, 1.165) is 25.8 Å². The van der Waals surface area contributed by atoms with Crippen molar-refractivity contribution in [2.45, 2.75) is 128 Å². The molecule has 0 aliphatic carbocycles. The zero-order valence-electron chi connectivity index (χ0n) is 20.6. The van der Waals surface area contributed by atoms with E-state index in [2.05, 4.69) is 33.0 Å². The summed E-state index contributed by atoms with van der Waals surface area (Å²) in [6.07, 6.45) is 14.3. The van der Waals surface area contributed by atoms with E-state index in [1.54, 1.807) is 0 Å². The number of hydrogen-bond acceptors (Lipinski definition) is 6. The Morgan fingerprint density at radius 3 is 1.59 bits per heavy atom. The second-order valence-corrected chi connectivity index (χ2v) is 9.56. The summed E-state index contributed by atoms with van der Waals surface area (Å²) in [7, 11) is 1.92. The summed E-state index contributed by atoms with van der Waals surface area (Å²) in [6.45, 7) is 9.39. The van der Waals surface area contributed by atoms with Crippen LogP contribution in [0.3, 0.4) is 0 Å². The molecule has 8 unspecified atom stereocenters. The number of carboxylic acids is 1. The van der Waals surface area contributed by atoms with Gasteiger partial charge in [-0.05, 0) is 86.1 Å². The molecule has 4 heterocycles.